The molecule has 0 aromatic heterocycles. The molecule has 0 radical (unpaired) electrons. The van der Waals surface area contributed by atoms with Gasteiger partial charge in [0.15, 0.2) is 0 Å². The lowest BCUT2D eigenvalue weighted by molar-refractivity contribution is -0.796. The summed E-state index contributed by atoms with van der Waals surface area (Å²) in [5.41, 5.74) is -6.00. The molecular weight excluding hydrogens is 516 g/mol. The first kappa shape index (κ1) is 26.8. The van der Waals surface area contributed by atoms with E-state index in [4.69, 9.17) is 4.18 Å². The number of hydrogen-bond donors (Lipinski definition) is 0. The maximum absolute atomic E-state index is 13.2. The summed E-state index contributed by atoms with van der Waals surface area (Å²) in [5.74, 6) is 0. The third kappa shape index (κ3) is 4.95. The molecule has 3 aromatic rings. The lowest BCUT2D eigenvalue weighted by atomic mass is 9.91. The zero-order chi connectivity index (χ0) is 27.5. The van der Waals surface area contributed by atoms with E-state index in [1.807, 2.05) is 0 Å². The Bertz CT molecular complexity index is 1510. The van der Waals surface area contributed by atoms with Crippen LogP contribution in [-0.2, 0) is 26.6 Å². The number of hydrogen-bond acceptors (Lipinski definition) is 11. The first-order valence-corrected chi connectivity index (χ1v) is 11.5. The highest BCUT2D eigenvalue weighted by Gasteiger charge is 2.62. The van der Waals surface area contributed by atoms with Gasteiger partial charge in [-0.1, -0.05) is 29.8 Å². The maximum atomic E-state index is 13.2. The lowest BCUT2D eigenvalue weighted by Crippen LogP contribution is -2.45. The molecule has 0 N–H and O–H groups in total. The molecule has 0 spiro atoms. The third-order valence-corrected chi connectivity index (χ3v) is 6.65. The van der Waals surface area contributed by atoms with Crippen molar-refractivity contribution in [3.8, 4) is 0 Å². The summed E-state index contributed by atoms with van der Waals surface area (Å²) < 4.78 is 31.3. The summed E-state index contributed by atoms with van der Waals surface area (Å²) >= 11 is 0. The van der Waals surface area contributed by atoms with Gasteiger partial charge in [0.2, 0.25) is 0 Å². The summed E-state index contributed by atoms with van der Waals surface area (Å²) in [6, 6.07) is 11.8. The molecule has 0 fully saturated rings. The fourth-order valence-electron chi connectivity index (χ4n) is 3.60. The molecule has 0 amide bonds. The van der Waals surface area contributed by atoms with Gasteiger partial charge in [-0.05, 0) is 37.3 Å². The van der Waals surface area contributed by atoms with Gasteiger partial charge in [-0.15, -0.1) is 0 Å². The average Bonchev–Trinajstić information content (AvgIpc) is 2.83. The highest BCUT2D eigenvalue weighted by molar-refractivity contribution is 7.86. The molecule has 192 valence electrons. The Morgan fingerprint density at radius 3 is 1.97 bits per heavy atom. The molecular formula is C21H16N4O11S. The van der Waals surface area contributed by atoms with Crippen molar-refractivity contribution in [3.63, 3.8) is 0 Å². The van der Waals surface area contributed by atoms with Crippen molar-refractivity contribution < 1.29 is 32.3 Å². The molecule has 0 unspecified atom stereocenters. The number of nitro groups is 4. The van der Waals surface area contributed by atoms with E-state index in [9.17, 15) is 48.9 Å². The van der Waals surface area contributed by atoms with E-state index in [0.717, 1.165) is 36.4 Å². The Balaban J connectivity index is 2.17. The summed E-state index contributed by atoms with van der Waals surface area (Å²) in [4.78, 5) is 41.5. The van der Waals surface area contributed by atoms with E-state index < -0.39 is 69.5 Å². The van der Waals surface area contributed by atoms with Gasteiger partial charge in [-0.3, -0.25) is 44.6 Å². The second-order valence-electron chi connectivity index (χ2n) is 7.60. The van der Waals surface area contributed by atoms with Crippen molar-refractivity contribution >= 4 is 21.5 Å². The predicted octanol–water partition coefficient (Wildman–Crippen LogP) is 3.47. The summed E-state index contributed by atoms with van der Waals surface area (Å²) in [5, 5.41) is 46.7. The van der Waals surface area contributed by atoms with E-state index in [1.54, 1.807) is 0 Å². The second kappa shape index (κ2) is 10.0. The standard InChI is InChI=1S/C21H16N4O11S/c1-14-7-10-20(18(11-14)21(24(30)31,25(32)33)16-5-3-2-4-6-16)37(34,35)36-13-15-8-9-17(22(26)27)12-19(15)23(28)29/h2-12H,13H2,1H3. The number of nitrogens with zero attached hydrogens (tertiary/aromatic N) is 4. The van der Waals surface area contributed by atoms with Gasteiger partial charge < -0.3 is 0 Å². The van der Waals surface area contributed by atoms with Crippen molar-refractivity contribution in [2.24, 2.45) is 0 Å². The molecule has 16 heteroatoms. The Labute approximate surface area is 207 Å². The normalized spacial score (nSPS) is 11.6. The van der Waals surface area contributed by atoms with E-state index in [0.29, 0.717) is 6.07 Å². The van der Waals surface area contributed by atoms with Gasteiger partial charge >= 0.3 is 5.66 Å². The molecule has 0 aliphatic heterocycles. The largest absolute Gasteiger partial charge is 0.511 e. The fraction of sp³-hybridized carbons (Fsp3) is 0.143. The lowest BCUT2D eigenvalue weighted by Gasteiger charge is -2.20. The SMILES string of the molecule is Cc1ccc(S(=O)(=O)OCc2ccc([N+](=O)[O-])cc2[N+](=O)[O-])c(C(c2ccccc2)([N+](=O)[O-])[N+](=O)[O-])c1. The van der Waals surface area contributed by atoms with Crippen molar-refractivity contribution in [2.45, 2.75) is 24.1 Å². The summed E-state index contributed by atoms with van der Waals surface area (Å²) in [6.45, 7) is 0.454. The first-order valence-electron chi connectivity index (χ1n) is 10.1. The fourth-order valence-corrected chi connectivity index (χ4v) is 4.71. The predicted molar refractivity (Wildman–Crippen MR) is 124 cm³/mol. The molecule has 3 rings (SSSR count). The average molecular weight is 532 g/mol. The molecule has 0 aliphatic carbocycles. The molecule has 0 atom stereocenters. The van der Waals surface area contributed by atoms with Gasteiger partial charge in [0.25, 0.3) is 21.5 Å². The van der Waals surface area contributed by atoms with Crippen molar-refractivity contribution in [1.29, 1.82) is 0 Å². The third-order valence-electron chi connectivity index (χ3n) is 5.33. The Morgan fingerprint density at radius 1 is 0.811 bits per heavy atom. The minimum Gasteiger partial charge on any atom is -0.261 e. The van der Waals surface area contributed by atoms with Crippen LogP contribution in [0.15, 0.2) is 71.6 Å². The van der Waals surface area contributed by atoms with Gasteiger partial charge in [-0.25, -0.2) is 0 Å². The van der Waals surface area contributed by atoms with Crippen LogP contribution in [-0.4, -0.2) is 28.1 Å². The number of rotatable bonds is 10. The zero-order valence-electron chi connectivity index (χ0n) is 18.7. The Kier molecular flexibility index (Phi) is 7.26. The molecule has 3 aromatic carbocycles. The number of nitro benzene ring substituents is 2. The molecule has 0 bridgehead atoms. The number of aryl methyl sites for hydroxylation is 1. The van der Waals surface area contributed by atoms with Crippen LogP contribution in [0, 0.1) is 47.4 Å². The molecule has 15 nitrogen and oxygen atoms in total. The topological polar surface area (TPSA) is 216 Å². The first-order chi connectivity index (χ1) is 17.3. The molecule has 37 heavy (non-hydrogen) atoms. The van der Waals surface area contributed by atoms with E-state index in [-0.39, 0.29) is 11.1 Å². The van der Waals surface area contributed by atoms with Crippen molar-refractivity contribution in [3.05, 3.63) is 129 Å². The van der Waals surface area contributed by atoms with E-state index in [1.165, 1.54) is 31.2 Å². The molecule has 0 aliphatic rings. The minimum absolute atomic E-state index is 0.268. The quantitative estimate of drug-likeness (QED) is 0.159. The van der Waals surface area contributed by atoms with Crippen molar-refractivity contribution in [1.82, 2.24) is 0 Å². The molecule has 0 saturated carbocycles. The van der Waals surface area contributed by atoms with Gasteiger partial charge in [0.05, 0.1) is 28.1 Å². The highest BCUT2D eigenvalue weighted by atomic mass is 32.2. The van der Waals surface area contributed by atoms with E-state index in [2.05, 4.69) is 0 Å². The second-order valence-corrected chi connectivity index (χ2v) is 9.18. The van der Waals surface area contributed by atoms with Crippen LogP contribution >= 0.6 is 0 Å². The van der Waals surface area contributed by atoms with E-state index >= 15 is 0 Å². The minimum atomic E-state index is -5.00. The monoisotopic (exact) mass is 532 g/mol. The van der Waals surface area contributed by atoms with Crippen LogP contribution in [0.5, 0.6) is 0 Å². The highest BCUT2D eigenvalue weighted by Crippen LogP contribution is 2.39. The summed E-state index contributed by atoms with van der Waals surface area (Å²) in [7, 11) is -5.00. The van der Waals surface area contributed by atoms with Crippen LogP contribution in [0.1, 0.15) is 22.3 Å². The molecule has 0 heterocycles. The molecule has 0 saturated heterocycles. The van der Waals surface area contributed by atoms with Crippen LogP contribution in [0.3, 0.4) is 0 Å². The Morgan fingerprint density at radius 2 is 1.43 bits per heavy atom. The smallest absolute Gasteiger partial charge is 0.261 e. The Hall–Kier alpha value is -4.83. The van der Waals surface area contributed by atoms with Gasteiger partial charge in [-0.2, -0.15) is 8.42 Å². The van der Waals surface area contributed by atoms with Crippen LogP contribution in [0.4, 0.5) is 11.4 Å². The van der Waals surface area contributed by atoms with Crippen molar-refractivity contribution in [2.75, 3.05) is 0 Å². The van der Waals surface area contributed by atoms with Crippen LogP contribution < -0.4 is 0 Å². The van der Waals surface area contributed by atoms with Gasteiger partial charge in [0, 0.05) is 6.07 Å². The van der Waals surface area contributed by atoms with Gasteiger partial charge in [0.1, 0.15) is 25.9 Å². The maximum Gasteiger partial charge on any atom is 0.511 e. The zero-order valence-corrected chi connectivity index (χ0v) is 19.6. The number of non-ortho nitro benzene ring substituents is 1. The van der Waals surface area contributed by atoms with Crippen LogP contribution in [0.2, 0.25) is 0 Å². The number of benzene rings is 3. The van der Waals surface area contributed by atoms with Crippen LogP contribution in [0.25, 0.3) is 0 Å². The summed E-state index contributed by atoms with van der Waals surface area (Å²) in [6.07, 6.45) is 0.